The maximum Gasteiger partial charge on any atom is 0.146 e. The summed E-state index contributed by atoms with van der Waals surface area (Å²) in [5, 5.41) is 0. The van der Waals surface area contributed by atoms with E-state index < -0.39 is 0 Å². The van der Waals surface area contributed by atoms with Crippen molar-refractivity contribution in [3.63, 3.8) is 0 Å². The average molecular weight is 140 g/mol. The molecule has 0 unspecified atom stereocenters. The number of ether oxygens (including phenoxy) is 1. The van der Waals surface area contributed by atoms with Crippen molar-refractivity contribution in [3.05, 3.63) is 0 Å². The summed E-state index contributed by atoms with van der Waals surface area (Å²) in [6.45, 7) is 3.32. The van der Waals surface area contributed by atoms with Crippen LogP contribution in [0.5, 0.6) is 0 Å². The Labute approximate surface area is 60.6 Å². The largest absolute Gasteiger partial charge is 0.379 e. The van der Waals surface area contributed by atoms with Crippen LogP contribution in [0, 0.1) is 11.3 Å². The zero-order valence-electron chi connectivity index (χ0n) is 6.22. The fourth-order valence-electron chi connectivity index (χ4n) is 1.39. The van der Waals surface area contributed by atoms with Crippen molar-refractivity contribution in [2.75, 3.05) is 13.2 Å². The zero-order valence-corrected chi connectivity index (χ0v) is 6.22. The molecule has 0 atom stereocenters. The highest BCUT2D eigenvalue weighted by molar-refractivity contribution is 5.89. The van der Waals surface area contributed by atoms with E-state index in [0.717, 1.165) is 12.8 Å². The molecule has 0 spiro atoms. The molecule has 0 aromatic carbocycles. The van der Waals surface area contributed by atoms with Crippen LogP contribution in [-0.2, 0) is 9.53 Å². The number of carbonyl (C=O) groups excluding carboxylic acids is 1. The van der Waals surface area contributed by atoms with Gasteiger partial charge >= 0.3 is 0 Å². The van der Waals surface area contributed by atoms with Crippen LogP contribution in [0.4, 0.5) is 0 Å². The molecule has 2 heteroatoms. The van der Waals surface area contributed by atoms with Gasteiger partial charge in [0.25, 0.3) is 0 Å². The Hall–Kier alpha value is -0.370. The number of ketones is 1. The predicted octanol–water partition coefficient (Wildman–Crippen LogP) is 1.00. The van der Waals surface area contributed by atoms with E-state index in [1.54, 1.807) is 0 Å². The summed E-state index contributed by atoms with van der Waals surface area (Å²) in [4.78, 5) is 11.4. The van der Waals surface area contributed by atoms with Crippen LogP contribution in [0.3, 0.4) is 0 Å². The Bertz CT molecular complexity index is 166. The topological polar surface area (TPSA) is 26.3 Å². The van der Waals surface area contributed by atoms with Crippen LogP contribution in [-0.4, -0.2) is 19.0 Å². The van der Waals surface area contributed by atoms with E-state index in [9.17, 15) is 4.79 Å². The van der Waals surface area contributed by atoms with E-state index >= 15 is 0 Å². The molecule has 1 heterocycles. The predicted molar refractivity (Wildman–Crippen MR) is 36.7 cm³/mol. The van der Waals surface area contributed by atoms with Crippen LogP contribution in [0.2, 0.25) is 0 Å². The third kappa shape index (κ3) is 0.788. The molecule has 0 bridgehead atoms. The van der Waals surface area contributed by atoms with Crippen molar-refractivity contribution in [2.45, 2.75) is 19.8 Å². The Morgan fingerprint density at radius 1 is 1.50 bits per heavy atom. The van der Waals surface area contributed by atoms with Crippen molar-refractivity contribution < 1.29 is 9.53 Å². The Morgan fingerprint density at radius 2 is 2.10 bits per heavy atom. The summed E-state index contributed by atoms with van der Waals surface area (Å²) < 4.78 is 5.02. The maximum absolute atomic E-state index is 11.4. The number of rotatable bonds is 2. The van der Waals surface area contributed by atoms with E-state index in [1.165, 1.54) is 0 Å². The molecular formula is C8H12O2. The highest BCUT2D eigenvalue weighted by atomic mass is 16.5. The van der Waals surface area contributed by atoms with Gasteiger partial charge in [0.15, 0.2) is 0 Å². The molecule has 1 saturated heterocycles. The number of Topliss-reactive ketones (excluding diaryl/α,β-unsaturated/α-hetero) is 1. The van der Waals surface area contributed by atoms with Crippen molar-refractivity contribution in [1.82, 2.24) is 0 Å². The lowest BCUT2D eigenvalue weighted by Gasteiger charge is -2.36. The zero-order chi connectivity index (χ0) is 7.19. The summed E-state index contributed by atoms with van der Waals surface area (Å²) in [6.07, 6.45) is 2.24. The Balaban J connectivity index is 2.01. The molecule has 0 radical (unpaired) electrons. The van der Waals surface area contributed by atoms with Gasteiger partial charge in [-0.15, -0.1) is 0 Å². The second-order valence-electron chi connectivity index (χ2n) is 3.69. The van der Waals surface area contributed by atoms with Gasteiger partial charge in [-0.05, 0) is 19.8 Å². The maximum atomic E-state index is 11.4. The SMILES string of the molecule is CC1(C(=O)C2CC2)COC1. The van der Waals surface area contributed by atoms with Crippen LogP contribution in [0.1, 0.15) is 19.8 Å². The molecule has 1 aliphatic carbocycles. The molecule has 0 aromatic rings. The van der Waals surface area contributed by atoms with Crippen LogP contribution in [0.25, 0.3) is 0 Å². The minimum Gasteiger partial charge on any atom is -0.379 e. The van der Waals surface area contributed by atoms with E-state index in [0.29, 0.717) is 24.9 Å². The minimum absolute atomic E-state index is 0.0961. The molecule has 1 aliphatic heterocycles. The van der Waals surface area contributed by atoms with Gasteiger partial charge < -0.3 is 4.74 Å². The average Bonchev–Trinajstić information content (AvgIpc) is 2.62. The van der Waals surface area contributed by atoms with E-state index in [2.05, 4.69) is 0 Å². The summed E-state index contributed by atoms with van der Waals surface area (Å²) >= 11 is 0. The summed E-state index contributed by atoms with van der Waals surface area (Å²) in [6, 6.07) is 0. The monoisotopic (exact) mass is 140 g/mol. The van der Waals surface area contributed by atoms with Gasteiger partial charge in [-0.25, -0.2) is 0 Å². The lowest BCUT2D eigenvalue weighted by molar-refractivity contribution is -0.156. The Morgan fingerprint density at radius 3 is 2.40 bits per heavy atom. The quantitative estimate of drug-likeness (QED) is 0.572. The Kier molecular flexibility index (Phi) is 1.15. The molecule has 0 amide bonds. The molecule has 1 saturated carbocycles. The molecule has 2 nitrogen and oxygen atoms in total. The number of hydrogen-bond acceptors (Lipinski definition) is 2. The van der Waals surface area contributed by atoms with Crippen molar-refractivity contribution >= 4 is 5.78 Å². The van der Waals surface area contributed by atoms with Gasteiger partial charge in [0.05, 0.1) is 18.6 Å². The second-order valence-corrected chi connectivity index (χ2v) is 3.69. The molecular weight excluding hydrogens is 128 g/mol. The van der Waals surface area contributed by atoms with Crippen molar-refractivity contribution in [3.8, 4) is 0 Å². The molecule has 0 N–H and O–H groups in total. The highest BCUT2D eigenvalue weighted by Gasteiger charge is 2.47. The molecule has 56 valence electrons. The standard InChI is InChI=1S/C8H12O2/c1-8(4-10-5-8)7(9)6-2-3-6/h6H,2-5H2,1H3. The van der Waals surface area contributed by atoms with Gasteiger partial charge in [0.2, 0.25) is 0 Å². The minimum atomic E-state index is -0.0961. The second kappa shape index (κ2) is 1.82. The van der Waals surface area contributed by atoms with Gasteiger partial charge in [-0.3, -0.25) is 4.79 Å². The molecule has 10 heavy (non-hydrogen) atoms. The van der Waals surface area contributed by atoms with Crippen LogP contribution in [0.15, 0.2) is 0 Å². The lowest BCUT2D eigenvalue weighted by atomic mass is 9.81. The lowest BCUT2D eigenvalue weighted by Crippen LogP contribution is -2.47. The summed E-state index contributed by atoms with van der Waals surface area (Å²) in [7, 11) is 0. The first-order chi connectivity index (χ1) is 4.72. The van der Waals surface area contributed by atoms with Crippen LogP contribution >= 0.6 is 0 Å². The van der Waals surface area contributed by atoms with Crippen molar-refractivity contribution in [2.24, 2.45) is 11.3 Å². The molecule has 0 aromatic heterocycles. The van der Waals surface area contributed by atoms with Gasteiger partial charge in [0.1, 0.15) is 5.78 Å². The number of carbonyl (C=O) groups is 1. The molecule has 2 rings (SSSR count). The fraction of sp³-hybridized carbons (Fsp3) is 0.875. The summed E-state index contributed by atoms with van der Waals surface area (Å²) in [5.74, 6) is 0.840. The summed E-state index contributed by atoms with van der Waals surface area (Å²) in [5.41, 5.74) is -0.0961. The number of hydrogen-bond donors (Lipinski definition) is 0. The first-order valence-corrected chi connectivity index (χ1v) is 3.84. The molecule has 2 aliphatic rings. The van der Waals surface area contributed by atoms with Crippen molar-refractivity contribution in [1.29, 1.82) is 0 Å². The smallest absolute Gasteiger partial charge is 0.146 e. The van der Waals surface area contributed by atoms with Gasteiger partial charge in [0, 0.05) is 5.92 Å². The van der Waals surface area contributed by atoms with Gasteiger partial charge in [-0.2, -0.15) is 0 Å². The normalized spacial score (nSPS) is 29.3. The van der Waals surface area contributed by atoms with Gasteiger partial charge in [-0.1, -0.05) is 0 Å². The fourth-order valence-corrected chi connectivity index (χ4v) is 1.39. The van der Waals surface area contributed by atoms with Crippen LogP contribution < -0.4 is 0 Å². The third-order valence-corrected chi connectivity index (χ3v) is 2.38. The van der Waals surface area contributed by atoms with E-state index in [4.69, 9.17) is 4.74 Å². The highest BCUT2D eigenvalue weighted by Crippen LogP contribution is 2.40. The first kappa shape index (κ1) is 6.35. The van der Waals surface area contributed by atoms with E-state index in [1.807, 2.05) is 6.92 Å². The third-order valence-electron chi connectivity index (χ3n) is 2.38. The first-order valence-electron chi connectivity index (χ1n) is 3.84. The van der Waals surface area contributed by atoms with E-state index in [-0.39, 0.29) is 5.41 Å². The molecule has 2 fully saturated rings.